The van der Waals surface area contributed by atoms with Crippen molar-refractivity contribution in [3.63, 3.8) is 0 Å². The molecular formula is C10H16BrN5O4S. The van der Waals surface area contributed by atoms with Gasteiger partial charge in [-0.15, -0.1) is 5.10 Å². The zero-order valence-electron chi connectivity index (χ0n) is 11.4. The van der Waals surface area contributed by atoms with Crippen LogP contribution in [0.1, 0.15) is 6.42 Å². The van der Waals surface area contributed by atoms with Crippen LogP contribution in [0.25, 0.3) is 0 Å². The largest absolute Gasteiger partial charge is 0.480 e. The van der Waals surface area contributed by atoms with Gasteiger partial charge in [0, 0.05) is 33.2 Å². The summed E-state index contributed by atoms with van der Waals surface area (Å²) < 4.78 is 28.0. The summed E-state index contributed by atoms with van der Waals surface area (Å²) >= 11 is 3.10. The van der Waals surface area contributed by atoms with Crippen LogP contribution in [0, 0.1) is 0 Å². The highest BCUT2D eigenvalue weighted by atomic mass is 79.9. The Kier molecular flexibility index (Phi) is 4.96. The van der Waals surface area contributed by atoms with Gasteiger partial charge in [0.25, 0.3) is 10.0 Å². The van der Waals surface area contributed by atoms with E-state index in [1.54, 1.807) is 4.90 Å². The third-order valence-corrected chi connectivity index (χ3v) is 6.02. The highest BCUT2D eigenvalue weighted by Gasteiger charge is 2.32. The van der Waals surface area contributed by atoms with Crippen molar-refractivity contribution in [1.29, 1.82) is 0 Å². The monoisotopic (exact) mass is 381 g/mol. The SMILES string of the molecule is Cn1nnc(Br)c1S(=O)(=O)N1CCCN(CC(=O)O)CC1. The summed E-state index contributed by atoms with van der Waals surface area (Å²) in [7, 11) is -2.19. The van der Waals surface area contributed by atoms with Crippen LogP contribution in [0.2, 0.25) is 0 Å². The van der Waals surface area contributed by atoms with Crippen LogP contribution in [-0.2, 0) is 21.9 Å². The topological polar surface area (TPSA) is 109 Å². The van der Waals surface area contributed by atoms with E-state index in [2.05, 4.69) is 26.2 Å². The van der Waals surface area contributed by atoms with Crippen LogP contribution in [-0.4, -0.2) is 76.4 Å². The molecule has 0 unspecified atom stereocenters. The summed E-state index contributed by atoms with van der Waals surface area (Å²) in [5.41, 5.74) is 0. The second-order valence-corrected chi connectivity index (χ2v) is 7.34. The molecule has 21 heavy (non-hydrogen) atoms. The molecule has 0 bridgehead atoms. The number of aliphatic carboxylic acids is 1. The minimum atomic E-state index is -3.70. The van der Waals surface area contributed by atoms with Gasteiger partial charge in [-0.05, 0) is 22.4 Å². The molecule has 1 aromatic rings. The summed E-state index contributed by atoms with van der Waals surface area (Å²) in [5.74, 6) is -0.912. The number of halogens is 1. The second kappa shape index (κ2) is 6.38. The number of sulfonamides is 1. The number of aromatic nitrogens is 3. The van der Waals surface area contributed by atoms with E-state index in [0.29, 0.717) is 26.1 Å². The molecule has 1 aromatic heterocycles. The molecule has 118 valence electrons. The first-order chi connectivity index (χ1) is 9.82. The molecule has 1 fully saturated rings. The molecule has 1 N–H and O–H groups in total. The van der Waals surface area contributed by atoms with Gasteiger partial charge in [0.1, 0.15) is 0 Å². The molecule has 2 rings (SSSR count). The first-order valence-electron chi connectivity index (χ1n) is 6.32. The van der Waals surface area contributed by atoms with Crippen LogP contribution in [0.3, 0.4) is 0 Å². The van der Waals surface area contributed by atoms with E-state index in [9.17, 15) is 13.2 Å². The minimum Gasteiger partial charge on any atom is -0.480 e. The molecule has 1 aliphatic rings. The summed E-state index contributed by atoms with van der Waals surface area (Å²) in [6.45, 7) is 1.45. The standard InChI is InChI=1S/C10H16BrN5O4S/c1-14-10(9(11)12-13-14)21(19,20)16-4-2-3-15(5-6-16)7-8(17)18/h2-7H2,1H3,(H,17,18). The lowest BCUT2D eigenvalue weighted by molar-refractivity contribution is -0.138. The Bertz CT molecular complexity index is 612. The van der Waals surface area contributed by atoms with Crippen LogP contribution in [0.5, 0.6) is 0 Å². The number of rotatable bonds is 4. The highest BCUT2D eigenvalue weighted by molar-refractivity contribution is 9.10. The van der Waals surface area contributed by atoms with Gasteiger partial charge < -0.3 is 5.11 Å². The van der Waals surface area contributed by atoms with E-state index in [4.69, 9.17) is 5.11 Å². The van der Waals surface area contributed by atoms with Crippen molar-refractivity contribution in [2.75, 3.05) is 32.7 Å². The van der Waals surface area contributed by atoms with Crippen molar-refractivity contribution < 1.29 is 18.3 Å². The first-order valence-corrected chi connectivity index (χ1v) is 8.55. The lowest BCUT2D eigenvalue weighted by Crippen LogP contribution is -2.37. The number of nitrogens with zero attached hydrogens (tertiary/aromatic N) is 5. The van der Waals surface area contributed by atoms with Crippen molar-refractivity contribution in [1.82, 2.24) is 24.2 Å². The maximum atomic E-state index is 12.6. The minimum absolute atomic E-state index is 0.00850. The van der Waals surface area contributed by atoms with Gasteiger partial charge in [-0.3, -0.25) is 9.69 Å². The van der Waals surface area contributed by atoms with E-state index in [0.717, 1.165) is 0 Å². The highest BCUT2D eigenvalue weighted by Crippen LogP contribution is 2.23. The Morgan fingerprint density at radius 1 is 1.33 bits per heavy atom. The summed E-state index contributed by atoms with van der Waals surface area (Å²) in [5, 5.41) is 16.2. The molecule has 0 radical (unpaired) electrons. The van der Waals surface area contributed by atoms with E-state index in [1.165, 1.54) is 16.0 Å². The average molecular weight is 382 g/mol. The van der Waals surface area contributed by atoms with Crippen LogP contribution in [0.4, 0.5) is 0 Å². The third kappa shape index (κ3) is 3.59. The van der Waals surface area contributed by atoms with Gasteiger partial charge in [-0.1, -0.05) is 5.21 Å². The van der Waals surface area contributed by atoms with Gasteiger partial charge >= 0.3 is 5.97 Å². The predicted molar refractivity (Wildman–Crippen MR) is 76.2 cm³/mol. The number of carboxylic acid groups (broad SMARTS) is 1. The molecule has 2 heterocycles. The molecule has 1 saturated heterocycles. The summed E-state index contributed by atoms with van der Waals surface area (Å²) in [6, 6.07) is 0. The molecule has 9 nitrogen and oxygen atoms in total. The van der Waals surface area contributed by atoms with Gasteiger partial charge in [0.2, 0.25) is 5.03 Å². The number of carbonyl (C=O) groups is 1. The van der Waals surface area contributed by atoms with Crippen LogP contribution < -0.4 is 0 Å². The van der Waals surface area contributed by atoms with Gasteiger partial charge in [-0.2, -0.15) is 4.31 Å². The fourth-order valence-corrected chi connectivity index (χ4v) is 4.76. The maximum Gasteiger partial charge on any atom is 0.317 e. The lowest BCUT2D eigenvalue weighted by atomic mass is 10.4. The molecule has 0 amide bonds. The van der Waals surface area contributed by atoms with Crippen LogP contribution >= 0.6 is 15.9 Å². The molecule has 0 atom stereocenters. The van der Waals surface area contributed by atoms with Gasteiger partial charge in [0.15, 0.2) is 4.60 Å². The van der Waals surface area contributed by atoms with Gasteiger partial charge in [-0.25, -0.2) is 13.1 Å². The molecule has 1 aliphatic heterocycles. The number of hydrogen-bond acceptors (Lipinski definition) is 6. The van der Waals surface area contributed by atoms with E-state index in [1.807, 2.05) is 0 Å². The number of carboxylic acids is 1. The Labute approximate surface area is 130 Å². The molecule has 0 spiro atoms. The zero-order valence-corrected chi connectivity index (χ0v) is 13.8. The first kappa shape index (κ1) is 16.3. The maximum absolute atomic E-state index is 12.6. The van der Waals surface area contributed by atoms with Crippen molar-refractivity contribution >= 4 is 31.9 Å². The van der Waals surface area contributed by atoms with E-state index < -0.39 is 16.0 Å². The summed E-state index contributed by atoms with van der Waals surface area (Å²) in [6.07, 6.45) is 0.579. The van der Waals surface area contributed by atoms with Crippen LogP contribution in [0.15, 0.2) is 9.63 Å². The molecule has 11 heteroatoms. The average Bonchev–Trinajstić information content (AvgIpc) is 2.60. The number of aryl methyl sites for hydroxylation is 1. The molecule has 0 saturated carbocycles. The van der Waals surface area contributed by atoms with Gasteiger partial charge in [0.05, 0.1) is 6.54 Å². The second-order valence-electron chi connectivity index (χ2n) is 4.74. The zero-order chi connectivity index (χ0) is 15.6. The molecular weight excluding hydrogens is 366 g/mol. The molecule has 0 aromatic carbocycles. The quantitative estimate of drug-likeness (QED) is 0.738. The Morgan fingerprint density at radius 3 is 2.62 bits per heavy atom. The van der Waals surface area contributed by atoms with Crippen molar-refractivity contribution in [2.45, 2.75) is 11.4 Å². The molecule has 0 aliphatic carbocycles. The fraction of sp³-hybridized carbons (Fsp3) is 0.700. The van der Waals surface area contributed by atoms with Crippen molar-refractivity contribution in [3.05, 3.63) is 4.60 Å². The lowest BCUT2D eigenvalue weighted by Gasteiger charge is -2.20. The summed E-state index contributed by atoms with van der Waals surface area (Å²) in [4.78, 5) is 12.5. The predicted octanol–water partition coefficient (Wildman–Crippen LogP) is -0.641. The van der Waals surface area contributed by atoms with Crippen molar-refractivity contribution in [2.24, 2.45) is 7.05 Å². The van der Waals surface area contributed by atoms with E-state index >= 15 is 0 Å². The Balaban J connectivity index is 2.17. The van der Waals surface area contributed by atoms with Crippen molar-refractivity contribution in [3.8, 4) is 0 Å². The smallest absolute Gasteiger partial charge is 0.317 e. The third-order valence-electron chi connectivity index (χ3n) is 3.23. The Hall–Kier alpha value is -1.04. The van der Waals surface area contributed by atoms with E-state index in [-0.39, 0.29) is 22.7 Å². The number of hydrogen-bond donors (Lipinski definition) is 1. The normalized spacial score (nSPS) is 18.6. The Morgan fingerprint density at radius 2 is 2.05 bits per heavy atom. The fourth-order valence-electron chi connectivity index (χ4n) is 2.26.